The van der Waals surface area contributed by atoms with Crippen LogP contribution in [0.4, 0.5) is 16.2 Å². The lowest BCUT2D eigenvalue weighted by Gasteiger charge is -2.22. The van der Waals surface area contributed by atoms with E-state index >= 15 is 0 Å². The first-order valence-corrected chi connectivity index (χ1v) is 9.38. The summed E-state index contributed by atoms with van der Waals surface area (Å²) in [5.41, 5.74) is 16.3. The van der Waals surface area contributed by atoms with Crippen LogP contribution in [0, 0.1) is 0 Å². The first-order valence-electron chi connectivity index (χ1n) is 9.38. The van der Waals surface area contributed by atoms with Crippen molar-refractivity contribution in [1.82, 2.24) is 5.32 Å². The van der Waals surface area contributed by atoms with E-state index in [0.717, 1.165) is 28.1 Å². The molecule has 6 N–H and O–H groups in total. The molecule has 1 atom stereocenters. The number of nitrogens with one attached hydrogen (secondary N) is 2. The summed E-state index contributed by atoms with van der Waals surface area (Å²) >= 11 is 0. The zero-order valence-corrected chi connectivity index (χ0v) is 15.8. The van der Waals surface area contributed by atoms with Crippen molar-refractivity contribution in [3.8, 4) is 5.75 Å². The average molecular weight is 389 g/mol. The molecule has 1 aliphatic heterocycles. The van der Waals surface area contributed by atoms with Gasteiger partial charge in [-0.3, -0.25) is 0 Å². The number of fused-ring (bicyclic) bond motifs is 1. The van der Waals surface area contributed by atoms with Gasteiger partial charge in [0.25, 0.3) is 0 Å². The Balaban J connectivity index is 1.39. The number of anilines is 2. The molecule has 1 unspecified atom stereocenters. The van der Waals surface area contributed by atoms with Crippen LogP contribution in [0.1, 0.15) is 22.9 Å². The van der Waals surface area contributed by atoms with E-state index in [2.05, 4.69) is 10.6 Å². The van der Waals surface area contributed by atoms with E-state index in [1.165, 1.54) is 0 Å². The summed E-state index contributed by atoms with van der Waals surface area (Å²) < 4.78 is 0. The van der Waals surface area contributed by atoms with Crippen LogP contribution in [0.2, 0.25) is 0 Å². The van der Waals surface area contributed by atoms with E-state index in [1.807, 2.05) is 72.8 Å². The zero-order chi connectivity index (χ0) is 20.2. The van der Waals surface area contributed by atoms with Gasteiger partial charge in [-0.1, -0.05) is 42.5 Å². The quantitative estimate of drug-likeness (QED) is 0.536. The van der Waals surface area contributed by atoms with Crippen LogP contribution in [0.15, 0.2) is 72.8 Å². The highest BCUT2D eigenvalue weighted by Gasteiger charge is 2.29. The minimum Gasteiger partial charge on any atom is -0.377 e. The largest absolute Gasteiger partial charge is 0.377 e. The molecule has 4 rings (SSSR count). The van der Waals surface area contributed by atoms with Crippen LogP contribution >= 0.6 is 0 Å². The number of hydrogen-bond donors (Lipinski definition) is 4. The Morgan fingerprint density at radius 3 is 2.62 bits per heavy atom. The number of benzene rings is 3. The highest BCUT2D eigenvalue weighted by Crippen LogP contribution is 2.37. The molecular formula is C22H23N5O2. The molecule has 0 fully saturated rings. The van der Waals surface area contributed by atoms with Crippen molar-refractivity contribution in [2.24, 2.45) is 11.5 Å². The van der Waals surface area contributed by atoms with Crippen molar-refractivity contribution < 1.29 is 9.63 Å². The van der Waals surface area contributed by atoms with Gasteiger partial charge in [-0.2, -0.15) is 5.06 Å². The summed E-state index contributed by atoms with van der Waals surface area (Å²) in [5, 5.41) is 7.35. The minimum absolute atomic E-state index is 0.286. The van der Waals surface area contributed by atoms with Crippen LogP contribution < -0.4 is 32.0 Å². The van der Waals surface area contributed by atoms with Crippen LogP contribution in [0.5, 0.6) is 5.75 Å². The predicted molar refractivity (Wildman–Crippen MR) is 113 cm³/mol. The van der Waals surface area contributed by atoms with Crippen molar-refractivity contribution in [2.75, 3.05) is 10.4 Å². The molecule has 29 heavy (non-hydrogen) atoms. The average Bonchev–Trinajstić information content (AvgIpc) is 3.09. The van der Waals surface area contributed by atoms with Crippen molar-refractivity contribution in [3.05, 3.63) is 89.5 Å². The molecule has 3 aromatic rings. The number of para-hydroxylation sites is 1. The Morgan fingerprint density at radius 2 is 1.79 bits per heavy atom. The Kier molecular flexibility index (Phi) is 5.33. The van der Waals surface area contributed by atoms with Gasteiger partial charge in [0.1, 0.15) is 6.17 Å². The fourth-order valence-corrected chi connectivity index (χ4v) is 3.25. The summed E-state index contributed by atoms with van der Waals surface area (Å²) in [4.78, 5) is 18.1. The molecule has 7 heteroatoms. The minimum atomic E-state index is -0.382. The smallest absolute Gasteiger partial charge is 0.319 e. The van der Waals surface area contributed by atoms with E-state index in [0.29, 0.717) is 18.8 Å². The molecule has 1 heterocycles. The number of carbonyl (C=O) groups is 1. The van der Waals surface area contributed by atoms with E-state index in [4.69, 9.17) is 16.3 Å². The first-order chi connectivity index (χ1) is 14.1. The molecule has 0 radical (unpaired) electrons. The SMILES string of the molecule is NCc1cccc(NC(=O)NCc2cccc(N3Oc4ccccc4C3N)c2)c1. The van der Waals surface area contributed by atoms with E-state index in [1.54, 1.807) is 5.06 Å². The van der Waals surface area contributed by atoms with E-state index < -0.39 is 0 Å². The Morgan fingerprint density at radius 1 is 1.00 bits per heavy atom. The molecule has 0 spiro atoms. The molecule has 2 amide bonds. The van der Waals surface area contributed by atoms with E-state index in [-0.39, 0.29) is 12.2 Å². The van der Waals surface area contributed by atoms with Gasteiger partial charge in [-0.25, -0.2) is 4.79 Å². The van der Waals surface area contributed by atoms with Gasteiger partial charge in [0.2, 0.25) is 0 Å². The van der Waals surface area contributed by atoms with E-state index in [9.17, 15) is 4.79 Å². The summed E-state index contributed by atoms with van der Waals surface area (Å²) in [6.07, 6.45) is -0.382. The molecule has 7 nitrogen and oxygen atoms in total. The van der Waals surface area contributed by atoms with Crippen molar-refractivity contribution in [2.45, 2.75) is 19.3 Å². The second-order valence-corrected chi connectivity index (χ2v) is 6.78. The third kappa shape index (κ3) is 4.16. The lowest BCUT2D eigenvalue weighted by molar-refractivity contribution is 0.251. The number of rotatable bonds is 5. The summed E-state index contributed by atoms with van der Waals surface area (Å²) in [6, 6.07) is 22.6. The fourth-order valence-electron chi connectivity index (χ4n) is 3.25. The Bertz CT molecular complexity index is 1020. The van der Waals surface area contributed by atoms with Crippen molar-refractivity contribution in [3.63, 3.8) is 0 Å². The number of hydroxylamine groups is 1. The number of amides is 2. The molecule has 0 bridgehead atoms. The lowest BCUT2D eigenvalue weighted by atomic mass is 10.1. The van der Waals surface area contributed by atoms with Gasteiger partial charge in [0, 0.05) is 24.3 Å². The number of hydrogen-bond acceptors (Lipinski definition) is 5. The molecule has 0 aliphatic carbocycles. The van der Waals surface area contributed by atoms with Gasteiger partial charge < -0.3 is 26.9 Å². The molecule has 3 aromatic carbocycles. The maximum atomic E-state index is 12.2. The normalized spacial score (nSPS) is 14.8. The summed E-state index contributed by atoms with van der Waals surface area (Å²) in [7, 11) is 0. The highest BCUT2D eigenvalue weighted by molar-refractivity contribution is 5.89. The topological polar surface area (TPSA) is 106 Å². The fraction of sp³-hybridized carbons (Fsp3) is 0.136. The lowest BCUT2D eigenvalue weighted by Crippen LogP contribution is -2.32. The summed E-state index contributed by atoms with van der Waals surface area (Å²) in [6.45, 7) is 0.792. The predicted octanol–water partition coefficient (Wildman–Crippen LogP) is 3.24. The maximum Gasteiger partial charge on any atom is 0.319 e. The van der Waals surface area contributed by atoms with Gasteiger partial charge in [-0.05, 0) is 41.5 Å². The van der Waals surface area contributed by atoms with Gasteiger partial charge in [-0.15, -0.1) is 0 Å². The highest BCUT2D eigenvalue weighted by atomic mass is 16.7. The van der Waals surface area contributed by atoms with Crippen LogP contribution in [-0.2, 0) is 13.1 Å². The third-order valence-electron chi connectivity index (χ3n) is 4.73. The molecule has 0 aromatic heterocycles. The standard InChI is InChI=1S/C22H23N5O2/c23-13-15-5-3-7-17(11-15)26-22(28)25-14-16-6-4-8-18(12-16)27-21(24)19-9-1-2-10-20(19)29-27/h1-12,21H,13-14,23-24H2,(H2,25,26,28). The number of carbonyl (C=O) groups excluding carboxylic acids is 1. The second kappa shape index (κ2) is 8.22. The number of nitrogens with zero attached hydrogens (tertiary/aromatic N) is 1. The summed E-state index contributed by atoms with van der Waals surface area (Å²) in [5.74, 6) is 0.752. The first kappa shape index (κ1) is 18.8. The maximum absolute atomic E-state index is 12.2. The van der Waals surface area contributed by atoms with Crippen molar-refractivity contribution in [1.29, 1.82) is 0 Å². The van der Waals surface area contributed by atoms with Crippen molar-refractivity contribution >= 4 is 17.4 Å². The van der Waals surface area contributed by atoms with Crippen LogP contribution in [-0.4, -0.2) is 6.03 Å². The molecule has 0 saturated carbocycles. The molecular weight excluding hydrogens is 366 g/mol. The van der Waals surface area contributed by atoms with Gasteiger partial charge in [0.05, 0.1) is 5.69 Å². The van der Waals surface area contributed by atoms with Gasteiger partial charge in [0.15, 0.2) is 5.75 Å². The molecule has 0 saturated heterocycles. The van der Waals surface area contributed by atoms with Gasteiger partial charge >= 0.3 is 6.03 Å². The molecule has 1 aliphatic rings. The Hall–Kier alpha value is -3.55. The number of urea groups is 1. The Labute approximate surface area is 169 Å². The number of nitrogens with two attached hydrogens (primary N) is 2. The zero-order valence-electron chi connectivity index (χ0n) is 15.8. The second-order valence-electron chi connectivity index (χ2n) is 6.78. The monoisotopic (exact) mass is 389 g/mol. The van der Waals surface area contributed by atoms with Crippen LogP contribution in [0.3, 0.4) is 0 Å². The third-order valence-corrected chi connectivity index (χ3v) is 4.73. The molecule has 148 valence electrons. The van der Waals surface area contributed by atoms with Crippen LogP contribution in [0.25, 0.3) is 0 Å².